The van der Waals surface area contributed by atoms with Crippen LogP contribution in [0.1, 0.15) is 29.3 Å². The lowest BCUT2D eigenvalue weighted by Crippen LogP contribution is -2.31. The maximum Gasteiger partial charge on any atom is 0.0704 e. The van der Waals surface area contributed by atoms with Gasteiger partial charge >= 0.3 is 0 Å². The Kier molecular flexibility index (Phi) is 4.41. The lowest BCUT2D eigenvalue weighted by atomic mass is 9.89. The van der Waals surface area contributed by atoms with E-state index in [0.717, 1.165) is 13.2 Å². The van der Waals surface area contributed by atoms with Gasteiger partial charge in [0.25, 0.3) is 0 Å². The van der Waals surface area contributed by atoms with Crippen LogP contribution in [0.2, 0.25) is 0 Å². The average Bonchev–Trinajstić information content (AvgIpc) is 2.61. The van der Waals surface area contributed by atoms with Crippen molar-refractivity contribution in [2.75, 3.05) is 20.3 Å². The average molecular weight is 304 g/mol. The highest BCUT2D eigenvalue weighted by atomic mass is 79.9. The molecule has 0 aromatic carbocycles. The molecule has 1 aromatic heterocycles. The molecule has 2 heterocycles. The van der Waals surface area contributed by atoms with Crippen molar-refractivity contribution in [1.82, 2.24) is 5.32 Å². The van der Waals surface area contributed by atoms with Gasteiger partial charge in [0.2, 0.25) is 0 Å². The van der Waals surface area contributed by atoms with Crippen LogP contribution in [0.3, 0.4) is 0 Å². The summed E-state index contributed by atoms with van der Waals surface area (Å²) in [7, 11) is 2.05. The van der Waals surface area contributed by atoms with E-state index in [0.29, 0.717) is 12.0 Å². The zero-order valence-electron chi connectivity index (χ0n) is 9.75. The van der Waals surface area contributed by atoms with Crippen molar-refractivity contribution in [2.24, 2.45) is 5.92 Å². The summed E-state index contributed by atoms with van der Waals surface area (Å²) in [6.45, 7) is 4.01. The van der Waals surface area contributed by atoms with Crippen molar-refractivity contribution in [3.8, 4) is 0 Å². The van der Waals surface area contributed by atoms with Crippen molar-refractivity contribution >= 4 is 27.3 Å². The molecule has 1 saturated heterocycles. The van der Waals surface area contributed by atoms with Crippen LogP contribution in [0.4, 0.5) is 0 Å². The van der Waals surface area contributed by atoms with Gasteiger partial charge in [0.1, 0.15) is 0 Å². The molecular formula is C12H18BrNOS. The molecule has 1 aliphatic heterocycles. The third kappa shape index (κ3) is 2.67. The van der Waals surface area contributed by atoms with Crippen molar-refractivity contribution in [3.63, 3.8) is 0 Å². The number of aryl methyl sites for hydroxylation is 1. The van der Waals surface area contributed by atoms with Gasteiger partial charge in [-0.1, -0.05) is 0 Å². The van der Waals surface area contributed by atoms with Crippen LogP contribution < -0.4 is 5.32 Å². The van der Waals surface area contributed by atoms with Gasteiger partial charge in [0.15, 0.2) is 0 Å². The van der Waals surface area contributed by atoms with E-state index in [1.807, 2.05) is 18.4 Å². The fraction of sp³-hybridized carbons (Fsp3) is 0.667. The van der Waals surface area contributed by atoms with Crippen LogP contribution in [0.5, 0.6) is 0 Å². The minimum Gasteiger partial charge on any atom is -0.381 e. The molecule has 2 nitrogen and oxygen atoms in total. The van der Waals surface area contributed by atoms with Crippen molar-refractivity contribution in [2.45, 2.75) is 25.8 Å². The Bertz CT molecular complexity index is 347. The molecule has 1 aromatic rings. The number of hydrogen-bond acceptors (Lipinski definition) is 3. The van der Waals surface area contributed by atoms with Gasteiger partial charge < -0.3 is 10.1 Å². The largest absolute Gasteiger partial charge is 0.381 e. The number of rotatable bonds is 3. The zero-order chi connectivity index (χ0) is 11.5. The van der Waals surface area contributed by atoms with Crippen molar-refractivity contribution in [3.05, 3.63) is 20.3 Å². The summed E-state index contributed by atoms with van der Waals surface area (Å²) in [5.74, 6) is 0.610. The fourth-order valence-electron chi connectivity index (χ4n) is 2.44. The second kappa shape index (κ2) is 5.63. The molecule has 1 fully saturated rings. The molecular weight excluding hydrogens is 286 g/mol. The van der Waals surface area contributed by atoms with E-state index in [1.54, 1.807) is 0 Å². The first-order valence-corrected chi connectivity index (χ1v) is 7.34. The Labute approximate surface area is 110 Å². The molecule has 0 radical (unpaired) electrons. The first-order valence-electron chi connectivity index (χ1n) is 5.73. The predicted molar refractivity (Wildman–Crippen MR) is 72.1 cm³/mol. The number of nitrogens with one attached hydrogen (secondary N) is 1. The second-order valence-electron chi connectivity index (χ2n) is 4.31. The quantitative estimate of drug-likeness (QED) is 0.923. The Morgan fingerprint density at radius 1 is 1.62 bits per heavy atom. The molecule has 2 rings (SSSR count). The number of ether oxygens (including phenoxy) is 1. The minimum atomic E-state index is 0.433. The van der Waals surface area contributed by atoms with Crippen molar-refractivity contribution < 1.29 is 4.74 Å². The van der Waals surface area contributed by atoms with E-state index in [2.05, 4.69) is 34.2 Å². The van der Waals surface area contributed by atoms with Gasteiger partial charge in [-0.3, -0.25) is 0 Å². The molecule has 0 amide bonds. The van der Waals surface area contributed by atoms with Crippen LogP contribution in [-0.2, 0) is 4.74 Å². The van der Waals surface area contributed by atoms with E-state index < -0.39 is 0 Å². The molecule has 0 bridgehead atoms. The smallest absolute Gasteiger partial charge is 0.0704 e. The molecule has 1 N–H and O–H groups in total. The summed E-state index contributed by atoms with van der Waals surface area (Å²) in [5, 5.41) is 3.45. The van der Waals surface area contributed by atoms with Crippen LogP contribution in [0.15, 0.2) is 9.85 Å². The summed E-state index contributed by atoms with van der Waals surface area (Å²) in [6.07, 6.45) is 2.45. The lowest BCUT2D eigenvalue weighted by Gasteiger charge is -2.30. The van der Waals surface area contributed by atoms with Gasteiger partial charge in [-0.25, -0.2) is 0 Å². The number of thiophene rings is 1. The van der Waals surface area contributed by atoms with Crippen LogP contribution in [0.25, 0.3) is 0 Å². The third-order valence-electron chi connectivity index (χ3n) is 3.24. The molecule has 4 heteroatoms. The van der Waals surface area contributed by atoms with Gasteiger partial charge in [-0.05, 0) is 54.4 Å². The SMILES string of the molecule is CNC(c1cc(Br)sc1C)C1CCCOC1. The van der Waals surface area contributed by atoms with Gasteiger partial charge in [0, 0.05) is 23.4 Å². The molecule has 16 heavy (non-hydrogen) atoms. The van der Waals surface area contributed by atoms with E-state index in [4.69, 9.17) is 4.74 Å². The van der Waals surface area contributed by atoms with E-state index in [-0.39, 0.29) is 0 Å². The maximum absolute atomic E-state index is 5.58. The van der Waals surface area contributed by atoms with Gasteiger partial charge in [-0.15, -0.1) is 11.3 Å². The normalized spacial score (nSPS) is 23.3. The molecule has 0 spiro atoms. The molecule has 0 aliphatic carbocycles. The topological polar surface area (TPSA) is 21.3 Å². The molecule has 2 unspecified atom stereocenters. The summed E-state index contributed by atoms with van der Waals surface area (Å²) in [4.78, 5) is 1.40. The number of hydrogen-bond donors (Lipinski definition) is 1. The Hall–Kier alpha value is 0.1000. The highest BCUT2D eigenvalue weighted by Crippen LogP contribution is 2.36. The monoisotopic (exact) mass is 303 g/mol. The summed E-state index contributed by atoms with van der Waals surface area (Å²) in [6, 6.07) is 2.68. The summed E-state index contributed by atoms with van der Waals surface area (Å²) in [5.41, 5.74) is 1.43. The standard InChI is InChI=1S/C12H18BrNOS/c1-8-10(6-11(13)16-8)12(14-2)9-4-3-5-15-7-9/h6,9,12,14H,3-5,7H2,1-2H3. The summed E-state index contributed by atoms with van der Waals surface area (Å²) >= 11 is 5.38. The van der Waals surface area contributed by atoms with Crippen LogP contribution >= 0.6 is 27.3 Å². The Morgan fingerprint density at radius 2 is 2.44 bits per heavy atom. The molecule has 1 aliphatic rings. The van der Waals surface area contributed by atoms with Gasteiger partial charge in [-0.2, -0.15) is 0 Å². The molecule has 90 valence electrons. The molecule has 0 saturated carbocycles. The predicted octanol–water partition coefficient (Wildman–Crippen LogP) is 3.51. The molecule has 2 atom stereocenters. The third-order valence-corrected chi connectivity index (χ3v) is 4.81. The fourth-order valence-corrected chi connectivity index (χ4v) is 4.20. The Morgan fingerprint density at radius 3 is 2.94 bits per heavy atom. The van der Waals surface area contributed by atoms with E-state index in [9.17, 15) is 0 Å². The van der Waals surface area contributed by atoms with E-state index >= 15 is 0 Å². The first-order chi connectivity index (χ1) is 7.72. The van der Waals surface area contributed by atoms with Crippen LogP contribution in [-0.4, -0.2) is 20.3 Å². The minimum absolute atomic E-state index is 0.433. The maximum atomic E-state index is 5.58. The second-order valence-corrected chi connectivity index (χ2v) is 6.94. The highest BCUT2D eigenvalue weighted by molar-refractivity contribution is 9.11. The van der Waals surface area contributed by atoms with E-state index in [1.165, 1.54) is 27.1 Å². The summed E-state index contributed by atoms with van der Waals surface area (Å²) < 4.78 is 6.80. The highest BCUT2D eigenvalue weighted by Gasteiger charge is 2.26. The van der Waals surface area contributed by atoms with Gasteiger partial charge in [0.05, 0.1) is 10.4 Å². The van der Waals surface area contributed by atoms with Crippen LogP contribution in [0, 0.1) is 12.8 Å². The lowest BCUT2D eigenvalue weighted by molar-refractivity contribution is 0.0402. The zero-order valence-corrected chi connectivity index (χ0v) is 12.2. The van der Waals surface area contributed by atoms with Crippen molar-refractivity contribution in [1.29, 1.82) is 0 Å². The number of halogens is 1. The Balaban J connectivity index is 2.17. The first kappa shape index (κ1) is 12.6.